The normalized spacial score (nSPS) is 15.9. The molecule has 0 spiro atoms. The molecule has 0 aliphatic carbocycles. The Hall–Kier alpha value is -1.96. The lowest BCUT2D eigenvalue weighted by molar-refractivity contribution is -0.153. The predicted octanol–water partition coefficient (Wildman–Crippen LogP) is 2.78. The maximum atomic E-state index is 12.1. The Labute approximate surface area is 152 Å². The van der Waals surface area contributed by atoms with Crippen molar-refractivity contribution in [3.8, 4) is 5.75 Å². The van der Waals surface area contributed by atoms with E-state index in [0.717, 1.165) is 25.1 Å². The van der Waals surface area contributed by atoms with Gasteiger partial charge in [-0.05, 0) is 56.6 Å². The van der Waals surface area contributed by atoms with Crippen LogP contribution in [0.1, 0.15) is 24.8 Å². The van der Waals surface area contributed by atoms with Crippen molar-refractivity contribution in [3.05, 3.63) is 29.8 Å². The number of hydrogen-bond acceptors (Lipinski definition) is 3. The monoisotopic (exact) mass is 372 g/mol. The summed E-state index contributed by atoms with van der Waals surface area (Å²) in [4.78, 5) is 6.65. The topological polar surface area (TPSA) is 48.9 Å². The summed E-state index contributed by atoms with van der Waals surface area (Å²) in [6.07, 6.45) is -0.660. The molecule has 8 heteroatoms. The Morgan fingerprint density at radius 3 is 2.46 bits per heavy atom. The molecule has 2 N–H and O–H groups in total. The van der Waals surface area contributed by atoms with E-state index in [4.69, 9.17) is 4.74 Å². The van der Waals surface area contributed by atoms with E-state index >= 15 is 0 Å². The van der Waals surface area contributed by atoms with Gasteiger partial charge in [0.15, 0.2) is 12.6 Å². The maximum Gasteiger partial charge on any atom is 0.422 e. The molecule has 1 saturated heterocycles. The van der Waals surface area contributed by atoms with E-state index in [2.05, 4.69) is 20.5 Å². The second-order valence-electron chi connectivity index (χ2n) is 6.30. The second-order valence-corrected chi connectivity index (χ2v) is 6.30. The van der Waals surface area contributed by atoms with Crippen LogP contribution in [0, 0.1) is 0 Å². The first-order valence-corrected chi connectivity index (χ1v) is 8.91. The van der Waals surface area contributed by atoms with Crippen molar-refractivity contribution in [3.63, 3.8) is 0 Å². The highest BCUT2D eigenvalue weighted by Crippen LogP contribution is 2.18. The average molecular weight is 372 g/mol. The van der Waals surface area contributed by atoms with E-state index in [1.807, 2.05) is 0 Å². The molecule has 0 radical (unpaired) electrons. The minimum atomic E-state index is -4.33. The first-order valence-electron chi connectivity index (χ1n) is 8.91. The Morgan fingerprint density at radius 2 is 1.85 bits per heavy atom. The maximum absolute atomic E-state index is 12.1. The van der Waals surface area contributed by atoms with Crippen molar-refractivity contribution >= 4 is 5.96 Å². The van der Waals surface area contributed by atoms with E-state index in [0.29, 0.717) is 12.5 Å². The summed E-state index contributed by atoms with van der Waals surface area (Å²) in [7, 11) is 1.71. The number of hydrogen-bond donors (Lipinski definition) is 2. The van der Waals surface area contributed by atoms with E-state index < -0.39 is 12.8 Å². The third-order valence-electron chi connectivity index (χ3n) is 4.15. The summed E-state index contributed by atoms with van der Waals surface area (Å²) in [5.74, 6) is 0.916. The summed E-state index contributed by atoms with van der Waals surface area (Å²) < 4.78 is 41.1. The molecule has 0 amide bonds. The number of guanidine groups is 1. The molecule has 1 heterocycles. The molecule has 0 unspecified atom stereocenters. The predicted molar refractivity (Wildman–Crippen MR) is 96.5 cm³/mol. The third kappa shape index (κ3) is 7.95. The number of benzene rings is 1. The highest BCUT2D eigenvalue weighted by molar-refractivity contribution is 5.79. The van der Waals surface area contributed by atoms with Gasteiger partial charge in [0, 0.05) is 20.1 Å². The molecule has 0 bridgehead atoms. The molecule has 2 rings (SSSR count). The lowest BCUT2D eigenvalue weighted by atomic mass is 10.2. The quantitative estimate of drug-likeness (QED) is 0.419. The number of nitrogens with one attached hydrogen (secondary N) is 2. The molecule has 1 aromatic rings. The van der Waals surface area contributed by atoms with Gasteiger partial charge in [-0.15, -0.1) is 0 Å². The fourth-order valence-electron chi connectivity index (χ4n) is 2.79. The first kappa shape index (κ1) is 20.4. The summed E-state index contributed by atoms with van der Waals surface area (Å²) in [6.45, 7) is 3.61. The summed E-state index contributed by atoms with van der Waals surface area (Å²) in [5, 5.41) is 6.47. The summed E-state index contributed by atoms with van der Waals surface area (Å²) in [6, 6.07) is 6.54. The molecule has 1 fully saturated rings. The van der Waals surface area contributed by atoms with Crippen LogP contribution in [0.5, 0.6) is 5.75 Å². The van der Waals surface area contributed by atoms with Crippen molar-refractivity contribution in [2.24, 2.45) is 4.99 Å². The minimum absolute atomic E-state index is 0.204. The fourth-order valence-corrected chi connectivity index (χ4v) is 2.79. The van der Waals surface area contributed by atoms with Gasteiger partial charge in [0.2, 0.25) is 0 Å². The van der Waals surface area contributed by atoms with Gasteiger partial charge in [0.25, 0.3) is 0 Å². The van der Waals surface area contributed by atoms with Crippen LogP contribution in [0.25, 0.3) is 0 Å². The van der Waals surface area contributed by atoms with Crippen LogP contribution < -0.4 is 15.4 Å². The van der Waals surface area contributed by atoms with Crippen LogP contribution in [0.15, 0.2) is 29.3 Å². The second kappa shape index (κ2) is 10.3. The molecule has 0 atom stereocenters. The Kier molecular flexibility index (Phi) is 8.03. The molecule has 1 aliphatic heterocycles. The van der Waals surface area contributed by atoms with Crippen LogP contribution in [-0.4, -0.2) is 56.9 Å². The van der Waals surface area contributed by atoms with Gasteiger partial charge >= 0.3 is 6.18 Å². The van der Waals surface area contributed by atoms with Crippen LogP contribution >= 0.6 is 0 Å². The number of aliphatic imine (C=N–C) groups is 1. The van der Waals surface area contributed by atoms with Gasteiger partial charge in [-0.2, -0.15) is 13.2 Å². The van der Waals surface area contributed by atoms with Crippen molar-refractivity contribution in [1.82, 2.24) is 15.5 Å². The van der Waals surface area contributed by atoms with Crippen LogP contribution in [0.4, 0.5) is 13.2 Å². The van der Waals surface area contributed by atoms with Gasteiger partial charge < -0.3 is 20.3 Å². The molecule has 0 aromatic heterocycles. The Morgan fingerprint density at radius 1 is 1.15 bits per heavy atom. The minimum Gasteiger partial charge on any atom is -0.484 e. The van der Waals surface area contributed by atoms with Crippen LogP contribution in [-0.2, 0) is 6.54 Å². The SMILES string of the molecule is CN=C(NCCCN1CCCC1)NCc1ccc(OCC(F)(F)F)cc1. The lowest BCUT2D eigenvalue weighted by Crippen LogP contribution is -2.38. The highest BCUT2D eigenvalue weighted by atomic mass is 19.4. The smallest absolute Gasteiger partial charge is 0.422 e. The molecule has 146 valence electrons. The van der Waals surface area contributed by atoms with E-state index in [9.17, 15) is 13.2 Å². The van der Waals surface area contributed by atoms with Crippen LogP contribution in [0.3, 0.4) is 0 Å². The highest BCUT2D eigenvalue weighted by Gasteiger charge is 2.28. The number of ether oxygens (including phenoxy) is 1. The number of likely N-dealkylation sites (tertiary alicyclic amines) is 1. The van der Waals surface area contributed by atoms with Gasteiger partial charge in [-0.25, -0.2) is 0 Å². The lowest BCUT2D eigenvalue weighted by Gasteiger charge is -2.16. The van der Waals surface area contributed by atoms with Gasteiger partial charge in [-0.3, -0.25) is 4.99 Å². The molecular formula is C18H27F3N4O. The van der Waals surface area contributed by atoms with E-state index in [1.165, 1.54) is 38.1 Å². The number of rotatable bonds is 8. The molecule has 5 nitrogen and oxygen atoms in total. The van der Waals surface area contributed by atoms with Crippen molar-refractivity contribution in [2.75, 3.05) is 39.8 Å². The van der Waals surface area contributed by atoms with Gasteiger partial charge in [0.05, 0.1) is 0 Å². The number of alkyl halides is 3. The van der Waals surface area contributed by atoms with Gasteiger partial charge in [-0.1, -0.05) is 12.1 Å². The van der Waals surface area contributed by atoms with Crippen LogP contribution in [0.2, 0.25) is 0 Å². The van der Waals surface area contributed by atoms with Crippen molar-refractivity contribution in [2.45, 2.75) is 32.0 Å². The van der Waals surface area contributed by atoms with E-state index in [-0.39, 0.29) is 5.75 Å². The first-order chi connectivity index (χ1) is 12.5. The fraction of sp³-hybridized carbons (Fsp3) is 0.611. The largest absolute Gasteiger partial charge is 0.484 e. The van der Waals surface area contributed by atoms with E-state index in [1.54, 1.807) is 19.2 Å². The third-order valence-corrected chi connectivity index (χ3v) is 4.15. The summed E-state index contributed by atoms with van der Waals surface area (Å²) in [5.41, 5.74) is 0.935. The Bertz CT molecular complexity index is 555. The molecule has 1 aromatic carbocycles. The standard InChI is InChI=1S/C18H27F3N4O/c1-22-17(23-9-4-12-25-10-2-3-11-25)24-13-15-5-7-16(8-6-15)26-14-18(19,20)21/h5-8H,2-4,9-14H2,1H3,(H2,22,23,24). The Balaban J connectivity index is 1.65. The average Bonchev–Trinajstić information content (AvgIpc) is 3.13. The zero-order valence-electron chi connectivity index (χ0n) is 15.1. The van der Waals surface area contributed by atoms with Crippen molar-refractivity contribution < 1.29 is 17.9 Å². The zero-order chi connectivity index (χ0) is 18.8. The van der Waals surface area contributed by atoms with Gasteiger partial charge in [0.1, 0.15) is 5.75 Å². The molecule has 0 saturated carbocycles. The summed E-state index contributed by atoms with van der Waals surface area (Å²) >= 11 is 0. The molecule has 26 heavy (non-hydrogen) atoms. The molecule has 1 aliphatic rings. The molecular weight excluding hydrogens is 345 g/mol. The zero-order valence-corrected chi connectivity index (χ0v) is 15.1. The number of nitrogens with zero attached hydrogens (tertiary/aromatic N) is 2. The van der Waals surface area contributed by atoms with Crippen molar-refractivity contribution in [1.29, 1.82) is 0 Å². The number of halogens is 3.